The number of furan rings is 1. The van der Waals surface area contributed by atoms with Crippen LogP contribution in [0.4, 0.5) is 4.39 Å². The monoisotopic (exact) mass is 477 g/mol. The molecule has 0 saturated heterocycles. The Morgan fingerprint density at radius 1 is 1.20 bits per heavy atom. The van der Waals surface area contributed by atoms with E-state index in [1.807, 2.05) is 20.8 Å². The highest BCUT2D eigenvalue weighted by Gasteiger charge is 2.21. The maximum Gasteiger partial charge on any atom is 0.302 e. The molecule has 0 atom stereocenters. The Kier molecular flexibility index (Phi) is 6.02. The zero-order valence-electron chi connectivity index (χ0n) is 19.7. The van der Waals surface area contributed by atoms with Gasteiger partial charge in [0.05, 0.1) is 23.5 Å². The summed E-state index contributed by atoms with van der Waals surface area (Å²) in [5.74, 6) is -1.98. The molecule has 0 bridgehead atoms. The van der Waals surface area contributed by atoms with Gasteiger partial charge in [0.1, 0.15) is 12.4 Å². The number of rotatable bonds is 5. The van der Waals surface area contributed by atoms with Gasteiger partial charge in [-0.3, -0.25) is 14.4 Å². The van der Waals surface area contributed by atoms with Crippen LogP contribution in [0.3, 0.4) is 0 Å². The number of amides is 1. The van der Waals surface area contributed by atoms with Crippen molar-refractivity contribution >= 4 is 22.6 Å². The minimum atomic E-state index is -0.744. The lowest BCUT2D eigenvalue weighted by Crippen LogP contribution is -2.24. The average Bonchev–Trinajstić information content (AvgIpc) is 3.27. The van der Waals surface area contributed by atoms with Crippen molar-refractivity contribution < 1.29 is 23.1 Å². The smallest absolute Gasteiger partial charge is 0.302 e. The summed E-state index contributed by atoms with van der Waals surface area (Å²) in [6, 6.07) is 9.55. The molecular weight excluding hydrogens is 453 g/mol. The minimum absolute atomic E-state index is 0.0541. The van der Waals surface area contributed by atoms with Gasteiger partial charge in [0.25, 0.3) is 11.5 Å². The first-order valence-electron chi connectivity index (χ1n) is 10.8. The highest BCUT2D eigenvalue weighted by atomic mass is 19.1. The van der Waals surface area contributed by atoms with Crippen molar-refractivity contribution in [2.75, 3.05) is 0 Å². The van der Waals surface area contributed by atoms with Crippen LogP contribution in [0.25, 0.3) is 27.6 Å². The van der Waals surface area contributed by atoms with E-state index in [9.17, 15) is 14.4 Å². The number of esters is 1. The molecule has 0 spiro atoms. The highest BCUT2D eigenvalue weighted by molar-refractivity contribution is 5.91. The van der Waals surface area contributed by atoms with Crippen LogP contribution in [0, 0.1) is 5.82 Å². The number of nitrogens with zero attached hydrogens (tertiary/aromatic N) is 2. The van der Waals surface area contributed by atoms with E-state index in [-0.39, 0.29) is 28.9 Å². The molecule has 8 nitrogen and oxygen atoms in total. The summed E-state index contributed by atoms with van der Waals surface area (Å²) in [6.07, 6.45) is 2.77. The number of primary amides is 1. The van der Waals surface area contributed by atoms with E-state index in [1.54, 1.807) is 24.3 Å². The molecule has 2 N–H and O–H groups in total. The summed E-state index contributed by atoms with van der Waals surface area (Å²) in [5.41, 5.74) is 6.77. The van der Waals surface area contributed by atoms with Crippen molar-refractivity contribution in [1.29, 1.82) is 0 Å². The molecule has 2 heterocycles. The lowest BCUT2D eigenvalue weighted by atomic mass is 9.86. The van der Waals surface area contributed by atoms with Gasteiger partial charge in [0, 0.05) is 23.4 Å². The molecule has 2 aromatic heterocycles. The first-order chi connectivity index (χ1) is 16.5. The van der Waals surface area contributed by atoms with E-state index in [0.717, 1.165) is 10.2 Å². The fraction of sp³-hybridized carbons (Fsp3) is 0.231. The second kappa shape index (κ2) is 8.83. The Bertz CT molecular complexity index is 1530. The van der Waals surface area contributed by atoms with Crippen molar-refractivity contribution in [3.8, 4) is 16.8 Å². The van der Waals surface area contributed by atoms with Crippen LogP contribution < -0.4 is 11.3 Å². The molecule has 0 unspecified atom stereocenters. The number of hydrogen-bond acceptors (Lipinski definition) is 6. The van der Waals surface area contributed by atoms with Gasteiger partial charge in [-0.1, -0.05) is 32.9 Å². The number of hydrogen-bond donors (Lipinski definition) is 1. The van der Waals surface area contributed by atoms with Gasteiger partial charge in [-0.05, 0) is 40.8 Å². The van der Waals surface area contributed by atoms with Crippen molar-refractivity contribution in [1.82, 2.24) is 9.78 Å². The summed E-state index contributed by atoms with van der Waals surface area (Å²) in [6.45, 7) is 6.92. The zero-order chi connectivity index (χ0) is 25.5. The molecule has 2 aromatic carbocycles. The molecule has 4 aromatic rings. The predicted molar refractivity (Wildman–Crippen MR) is 128 cm³/mol. The fourth-order valence-electron chi connectivity index (χ4n) is 3.81. The van der Waals surface area contributed by atoms with Gasteiger partial charge in [-0.2, -0.15) is 9.78 Å². The van der Waals surface area contributed by atoms with Gasteiger partial charge in [0.15, 0.2) is 5.76 Å². The summed E-state index contributed by atoms with van der Waals surface area (Å²) in [5, 5.41) is 4.58. The molecule has 0 aliphatic heterocycles. The number of aromatic nitrogens is 2. The van der Waals surface area contributed by atoms with Gasteiger partial charge in [0.2, 0.25) is 0 Å². The maximum atomic E-state index is 15.1. The topological polar surface area (TPSA) is 117 Å². The number of fused-ring (bicyclic) bond motifs is 1. The van der Waals surface area contributed by atoms with Crippen LogP contribution in [-0.4, -0.2) is 21.7 Å². The Hall–Kier alpha value is -4.27. The quantitative estimate of drug-likeness (QED) is 0.430. The van der Waals surface area contributed by atoms with Crippen LogP contribution in [0.5, 0.6) is 0 Å². The number of carbonyl (C=O) groups excluding carboxylic acids is 2. The average molecular weight is 477 g/mol. The molecule has 4 rings (SSSR count). The third-order valence-electron chi connectivity index (χ3n) is 5.66. The second-order valence-corrected chi connectivity index (χ2v) is 9.18. The minimum Gasteiger partial charge on any atom is -0.461 e. The summed E-state index contributed by atoms with van der Waals surface area (Å²) in [7, 11) is 0. The molecule has 0 aliphatic rings. The second-order valence-electron chi connectivity index (χ2n) is 9.18. The Morgan fingerprint density at radius 3 is 2.57 bits per heavy atom. The van der Waals surface area contributed by atoms with Crippen LogP contribution in [-0.2, 0) is 21.6 Å². The number of carbonyl (C=O) groups is 2. The largest absolute Gasteiger partial charge is 0.461 e. The van der Waals surface area contributed by atoms with E-state index in [2.05, 4.69) is 5.10 Å². The lowest BCUT2D eigenvalue weighted by molar-refractivity contribution is -0.142. The summed E-state index contributed by atoms with van der Waals surface area (Å²) in [4.78, 5) is 36.5. The Labute approximate surface area is 200 Å². The normalized spacial score (nSPS) is 11.6. The van der Waals surface area contributed by atoms with E-state index in [4.69, 9.17) is 14.9 Å². The number of ether oxygens (including phenoxy) is 1. The summed E-state index contributed by atoms with van der Waals surface area (Å²) < 4.78 is 26.7. The Balaban J connectivity index is 1.94. The van der Waals surface area contributed by atoms with E-state index in [0.29, 0.717) is 22.1 Å². The zero-order valence-corrected chi connectivity index (χ0v) is 19.7. The van der Waals surface area contributed by atoms with Crippen molar-refractivity contribution in [2.45, 2.75) is 39.7 Å². The molecular formula is C26H24FN3O5. The number of benzene rings is 2. The standard InChI is InChI=1S/C26H24FN3O5/c1-14(31)34-13-19-18(16-9-22(24(28)32)35-12-16)6-5-7-21(19)30-25(33)23-15(11-29-30)8-17(10-20(23)27)26(2,3)4/h5-12H,13H2,1-4H3,(H2,28,32). The van der Waals surface area contributed by atoms with E-state index in [1.165, 1.54) is 31.5 Å². The predicted octanol–water partition coefficient (Wildman–Crippen LogP) is 4.24. The van der Waals surface area contributed by atoms with Crippen LogP contribution >= 0.6 is 0 Å². The molecule has 0 saturated carbocycles. The molecule has 180 valence electrons. The number of halogens is 1. The van der Waals surface area contributed by atoms with Crippen molar-refractivity contribution in [3.63, 3.8) is 0 Å². The van der Waals surface area contributed by atoms with Crippen LogP contribution in [0.2, 0.25) is 0 Å². The molecule has 35 heavy (non-hydrogen) atoms. The third kappa shape index (κ3) is 4.57. The van der Waals surface area contributed by atoms with E-state index >= 15 is 4.39 Å². The maximum absolute atomic E-state index is 15.1. The lowest BCUT2D eigenvalue weighted by Gasteiger charge is -2.20. The Morgan fingerprint density at radius 2 is 1.94 bits per heavy atom. The highest BCUT2D eigenvalue weighted by Crippen LogP contribution is 2.31. The summed E-state index contributed by atoms with van der Waals surface area (Å²) >= 11 is 0. The third-order valence-corrected chi connectivity index (χ3v) is 5.66. The fourth-order valence-corrected chi connectivity index (χ4v) is 3.81. The van der Waals surface area contributed by atoms with Gasteiger partial charge >= 0.3 is 5.97 Å². The molecule has 1 amide bonds. The first-order valence-corrected chi connectivity index (χ1v) is 10.8. The molecule has 0 radical (unpaired) electrons. The van der Waals surface area contributed by atoms with Gasteiger partial charge in [-0.25, -0.2) is 4.39 Å². The molecule has 0 aliphatic carbocycles. The number of nitrogens with two attached hydrogens (primary N) is 1. The van der Waals surface area contributed by atoms with Gasteiger partial charge < -0.3 is 14.9 Å². The SMILES string of the molecule is CC(=O)OCc1c(-c2coc(C(N)=O)c2)cccc1-n1ncc2cc(C(C)(C)C)cc(F)c2c1=O. The van der Waals surface area contributed by atoms with Crippen LogP contribution in [0.15, 0.2) is 58.1 Å². The molecule has 9 heteroatoms. The van der Waals surface area contributed by atoms with Gasteiger partial charge in [-0.15, -0.1) is 0 Å². The molecule has 0 fully saturated rings. The van der Waals surface area contributed by atoms with Crippen molar-refractivity contribution in [3.05, 3.63) is 81.9 Å². The first kappa shape index (κ1) is 23.9. The van der Waals surface area contributed by atoms with E-state index < -0.39 is 23.3 Å². The van der Waals surface area contributed by atoms with Crippen LogP contribution in [0.1, 0.15) is 49.4 Å². The van der Waals surface area contributed by atoms with Crippen molar-refractivity contribution in [2.24, 2.45) is 5.73 Å².